The van der Waals surface area contributed by atoms with Gasteiger partial charge in [-0.3, -0.25) is 14.5 Å². The van der Waals surface area contributed by atoms with Crippen molar-refractivity contribution in [2.24, 2.45) is 0 Å². The minimum atomic E-state index is -1.20. The van der Waals surface area contributed by atoms with E-state index in [1.807, 2.05) is 56.3 Å². The fourth-order valence-electron chi connectivity index (χ4n) is 3.65. The maximum Gasteiger partial charge on any atom is 0.325 e. The van der Waals surface area contributed by atoms with Gasteiger partial charge in [-0.05, 0) is 36.6 Å². The number of carbonyl (C=O) groups is 3. The molecule has 4 amide bonds. The van der Waals surface area contributed by atoms with E-state index in [9.17, 15) is 14.4 Å². The molecule has 0 spiro atoms. The summed E-state index contributed by atoms with van der Waals surface area (Å²) in [5.41, 5.74) is -0.478. The molecular formula is C21H25N3O3. The largest absolute Gasteiger partial charge is 0.352 e. The van der Waals surface area contributed by atoms with Gasteiger partial charge in [-0.1, -0.05) is 55.8 Å². The highest BCUT2D eigenvalue weighted by Gasteiger charge is 2.50. The minimum Gasteiger partial charge on any atom is -0.352 e. The lowest BCUT2D eigenvalue weighted by molar-refractivity contribution is -0.135. The van der Waals surface area contributed by atoms with E-state index >= 15 is 0 Å². The standard InChI is InChI=1S/C21H25N3O3/c1-4-8-14(2)22-18(25)13-24-19(26)21(3,23-20(24)27)17-12-7-10-15-9-5-6-11-16(15)17/h5-7,9-12,14H,4,8,13H2,1-3H3,(H,22,25)(H,23,27)/t14-,21-/m1/s1. The number of carbonyl (C=O) groups excluding carboxylic acids is 3. The smallest absolute Gasteiger partial charge is 0.325 e. The minimum absolute atomic E-state index is 0.00715. The van der Waals surface area contributed by atoms with E-state index in [2.05, 4.69) is 10.6 Å². The van der Waals surface area contributed by atoms with E-state index in [-0.39, 0.29) is 18.5 Å². The summed E-state index contributed by atoms with van der Waals surface area (Å²) in [4.78, 5) is 38.8. The SMILES string of the molecule is CCC[C@@H](C)NC(=O)CN1C(=O)N[C@](C)(c2cccc3ccccc23)C1=O. The van der Waals surface area contributed by atoms with Crippen LogP contribution in [0.1, 0.15) is 39.2 Å². The average molecular weight is 367 g/mol. The van der Waals surface area contributed by atoms with E-state index in [1.165, 1.54) is 0 Å². The van der Waals surface area contributed by atoms with Crippen LogP contribution in [0.3, 0.4) is 0 Å². The summed E-state index contributed by atoms with van der Waals surface area (Å²) in [6.07, 6.45) is 1.79. The molecule has 1 aliphatic rings. The van der Waals surface area contributed by atoms with E-state index < -0.39 is 17.5 Å². The summed E-state index contributed by atoms with van der Waals surface area (Å²) in [5, 5.41) is 7.50. The summed E-state index contributed by atoms with van der Waals surface area (Å²) in [6, 6.07) is 12.8. The molecule has 6 heteroatoms. The number of amides is 4. The molecule has 1 heterocycles. The van der Waals surface area contributed by atoms with E-state index in [0.29, 0.717) is 0 Å². The van der Waals surface area contributed by atoms with Crippen molar-refractivity contribution in [1.29, 1.82) is 0 Å². The van der Waals surface area contributed by atoms with Crippen LogP contribution in [0, 0.1) is 0 Å². The molecule has 142 valence electrons. The summed E-state index contributed by atoms with van der Waals surface area (Å²) < 4.78 is 0. The molecule has 2 atom stereocenters. The molecule has 1 saturated heterocycles. The first-order valence-electron chi connectivity index (χ1n) is 9.28. The lowest BCUT2D eigenvalue weighted by Crippen LogP contribution is -2.45. The van der Waals surface area contributed by atoms with E-state index in [4.69, 9.17) is 0 Å². The Morgan fingerprint density at radius 1 is 1.19 bits per heavy atom. The van der Waals surface area contributed by atoms with Gasteiger partial charge in [-0.2, -0.15) is 0 Å². The zero-order valence-electron chi connectivity index (χ0n) is 15.9. The number of imide groups is 1. The lowest BCUT2D eigenvalue weighted by Gasteiger charge is -2.24. The molecule has 0 bridgehead atoms. The van der Waals surface area contributed by atoms with Crippen LogP contribution in [0.25, 0.3) is 10.8 Å². The molecule has 27 heavy (non-hydrogen) atoms. The Bertz CT molecular complexity index is 890. The number of benzene rings is 2. The molecule has 3 rings (SSSR count). The van der Waals surface area contributed by atoms with Crippen LogP contribution in [-0.4, -0.2) is 35.3 Å². The summed E-state index contributed by atoms with van der Waals surface area (Å²) in [5.74, 6) is -0.747. The summed E-state index contributed by atoms with van der Waals surface area (Å²) in [7, 11) is 0. The van der Waals surface area contributed by atoms with Gasteiger partial charge in [0.15, 0.2) is 0 Å². The first-order chi connectivity index (χ1) is 12.9. The third-order valence-corrected chi connectivity index (χ3v) is 5.03. The fourth-order valence-corrected chi connectivity index (χ4v) is 3.65. The number of rotatable bonds is 6. The first kappa shape index (κ1) is 18.9. The van der Waals surface area contributed by atoms with Crippen LogP contribution in [-0.2, 0) is 15.1 Å². The van der Waals surface area contributed by atoms with Gasteiger partial charge < -0.3 is 10.6 Å². The van der Waals surface area contributed by atoms with Gasteiger partial charge in [0, 0.05) is 6.04 Å². The van der Waals surface area contributed by atoms with Gasteiger partial charge >= 0.3 is 6.03 Å². The number of hydrogen-bond donors (Lipinski definition) is 2. The first-order valence-corrected chi connectivity index (χ1v) is 9.28. The van der Waals surface area contributed by atoms with Crippen molar-refractivity contribution in [1.82, 2.24) is 15.5 Å². The van der Waals surface area contributed by atoms with E-state index in [0.717, 1.165) is 34.1 Å². The predicted molar refractivity (Wildman–Crippen MR) is 104 cm³/mol. The van der Waals surface area contributed by atoms with Crippen LogP contribution in [0.15, 0.2) is 42.5 Å². The molecule has 2 N–H and O–H groups in total. The Hall–Kier alpha value is -2.89. The molecule has 1 aliphatic heterocycles. The van der Waals surface area contributed by atoms with Gasteiger partial charge in [-0.15, -0.1) is 0 Å². The monoisotopic (exact) mass is 367 g/mol. The maximum atomic E-state index is 13.1. The van der Waals surface area contributed by atoms with Gasteiger partial charge in [0.1, 0.15) is 12.1 Å². The van der Waals surface area contributed by atoms with Gasteiger partial charge in [-0.25, -0.2) is 4.79 Å². The maximum absolute atomic E-state index is 13.1. The third kappa shape index (κ3) is 3.52. The van der Waals surface area contributed by atoms with Crippen molar-refractivity contribution in [2.45, 2.75) is 45.2 Å². The van der Waals surface area contributed by atoms with Crippen molar-refractivity contribution >= 4 is 28.6 Å². The van der Waals surface area contributed by atoms with Crippen molar-refractivity contribution in [3.63, 3.8) is 0 Å². The molecule has 0 unspecified atom stereocenters. The second kappa shape index (κ2) is 7.39. The normalized spacial score (nSPS) is 20.6. The molecule has 2 aromatic rings. The van der Waals surface area contributed by atoms with Gasteiger partial charge in [0.2, 0.25) is 5.91 Å². The van der Waals surface area contributed by atoms with Crippen LogP contribution >= 0.6 is 0 Å². The second-order valence-corrected chi connectivity index (χ2v) is 7.23. The Kier molecular flexibility index (Phi) is 5.17. The topological polar surface area (TPSA) is 78.5 Å². The average Bonchev–Trinajstić information content (AvgIpc) is 2.85. The molecular weight excluding hydrogens is 342 g/mol. The van der Waals surface area contributed by atoms with Crippen molar-refractivity contribution in [3.05, 3.63) is 48.0 Å². The third-order valence-electron chi connectivity index (χ3n) is 5.03. The van der Waals surface area contributed by atoms with Crippen LogP contribution in [0.5, 0.6) is 0 Å². The number of urea groups is 1. The van der Waals surface area contributed by atoms with Crippen LogP contribution in [0.2, 0.25) is 0 Å². The van der Waals surface area contributed by atoms with Crippen molar-refractivity contribution in [2.75, 3.05) is 6.54 Å². The fraction of sp³-hybridized carbons (Fsp3) is 0.381. The van der Waals surface area contributed by atoms with Crippen molar-refractivity contribution < 1.29 is 14.4 Å². The zero-order valence-corrected chi connectivity index (χ0v) is 15.9. The second-order valence-electron chi connectivity index (χ2n) is 7.23. The van der Waals surface area contributed by atoms with E-state index in [1.54, 1.807) is 6.92 Å². The molecule has 6 nitrogen and oxygen atoms in total. The predicted octanol–water partition coefficient (Wildman–Crippen LogP) is 2.91. The molecule has 0 radical (unpaired) electrons. The highest BCUT2D eigenvalue weighted by atomic mass is 16.2. The highest BCUT2D eigenvalue weighted by Crippen LogP contribution is 2.33. The number of nitrogens with zero attached hydrogens (tertiary/aromatic N) is 1. The number of fused-ring (bicyclic) bond motifs is 1. The number of hydrogen-bond acceptors (Lipinski definition) is 3. The zero-order chi connectivity index (χ0) is 19.6. The van der Waals surface area contributed by atoms with Crippen molar-refractivity contribution in [3.8, 4) is 0 Å². The van der Waals surface area contributed by atoms with Crippen LogP contribution < -0.4 is 10.6 Å². The van der Waals surface area contributed by atoms with Crippen LogP contribution in [0.4, 0.5) is 4.79 Å². The Morgan fingerprint density at radius 2 is 1.89 bits per heavy atom. The quantitative estimate of drug-likeness (QED) is 0.771. The summed E-state index contributed by atoms with van der Waals surface area (Å²) in [6.45, 7) is 5.36. The molecule has 1 fully saturated rings. The lowest BCUT2D eigenvalue weighted by atomic mass is 9.88. The summed E-state index contributed by atoms with van der Waals surface area (Å²) >= 11 is 0. The van der Waals surface area contributed by atoms with Gasteiger partial charge in [0.25, 0.3) is 5.91 Å². The highest BCUT2D eigenvalue weighted by molar-refractivity contribution is 6.10. The van der Waals surface area contributed by atoms with Gasteiger partial charge in [0.05, 0.1) is 0 Å². The Morgan fingerprint density at radius 3 is 2.63 bits per heavy atom. The Labute approximate surface area is 158 Å². The number of nitrogens with one attached hydrogen (secondary N) is 2. The molecule has 2 aromatic carbocycles. The molecule has 0 aliphatic carbocycles. The Balaban J connectivity index is 1.85. The molecule has 0 aromatic heterocycles. The molecule has 0 saturated carbocycles.